The second-order valence-corrected chi connectivity index (χ2v) is 26.9. The molecular formula is C84H78N4. The van der Waals surface area contributed by atoms with E-state index >= 15 is 0 Å². The molecule has 4 heteroatoms. The lowest BCUT2D eigenvalue weighted by atomic mass is 9.83. The zero-order valence-corrected chi connectivity index (χ0v) is 52.4. The summed E-state index contributed by atoms with van der Waals surface area (Å²) < 4.78 is 5.04. The van der Waals surface area contributed by atoms with Gasteiger partial charge < -0.3 is 18.9 Å². The Hall–Kier alpha value is -9.12. The second-order valence-electron chi connectivity index (χ2n) is 26.9. The van der Waals surface area contributed by atoms with Crippen LogP contribution < -0.4 is 9.80 Å². The minimum absolute atomic E-state index is 0.254. The molecule has 0 radical (unpaired) electrons. The van der Waals surface area contributed by atoms with E-state index in [0.29, 0.717) is 11.8 Å². The van der Waals surface area contributed by atoms with Crippen LogP contribution in [0.15, 0.2) is 206 Å². The van der Waals surface area contributed by atoms with Crippen LogP contribution in [0.1, 0.15) is 149 Å². The van der Waals surface area contributed by atoms with E-state index in [2.05, 4.69) is 281 Å². The molecule has 0 saturated carbocycles. The van der Waals surface area contributed by atoms with Gasteiger partial charge in [-0.05, 0) is 226 Å². The summed E-state index contributed by atoms with van der Waals surface area (Å²) in [5.74, 6) is 1.33. The minimum atomic E-state index is 0.254. The lowest BCUT2D eigenvalue weighted by Gasteiger charge is -2.34. The third kappa shape index (κ3) is 8.60. The summed E-state index contributed by atoms with van der Waals surface area (Å²) in [4.78, 5) is 5.37. The smallest absolute Gasteiger partial charge is 0.0561 e. The highest BCUT2D eigenvalue weighted by molar-refractivity contribution is 6.30. The molecule has 0 amide bonds. The normalized spacial score (nSPS) is 13.7. The Labute approximate surface area is 518 Å². The van der Waals surface area contributed by atoms with Gasteiger partial charge in [-0.15, -0.1) is 0 Å². The fourth-order valence-electron chi connectivity index (χ4n) is 15.9. The van der Waals surface area contributed by atoms with Crippen molar-refractivity contribution in [1.29, 1.82) is 0 Å². The monoisotopic (exact) mass is 1140 g/mol. The van der Waals surface area contributed by atoms with Crippen LogP contribution in [-0.2, 0) is 25.7 Å². The van der Waals surface area contributed by atoms with Crippen molar-refractivity contribution in [3.63, 3.8) is 0 Å². The van der Waals surface area contributed by atoms with Gasteiger partial charge in [0.05, 0.1) is 33.4 Å². The van der Waals surface area contributed by atoms with E-state index in [-0.39, 0.29) is 11.8 Å². The van der Waals surface area contributed by atoms with Crippen molar-refractivity contribution in [2.45, 2.75) is 130 Å². The molecule has 2 aromatic heterocycles. The molecule has 0 saturated heterocycles. The number of hydrogen-bond acceptors (Lipinski definition) is 2. The lowest BCUT2D eigenvalue weighted by Crippen LogP contribution is -2.17. The van der Waals surface area contributed by atoms with E-state index in [1.54, 1.807) is 0 Å². The summed E-state index contributed by atoms with van der Waals surface area (Å²) in [6.07, 6.45) is 9.16. The molecule has 2 heterocycles. The van der Waals surface area contributed by atoms with Gasteiger partial charge in [-0.1, -0.05) is 177 Å². The average molecular weight is 1140 g/mol. The summed E-state index contributed by atoms with van der Waals surface area (Å²) >= 11 is 0. The predicted octanol–water partition coefficient (Wildman–Crippen LogP) is 24.0. The number of hydrogen-bond donors (Lipinski definition) is 0. The molecule has 0 atom stereocenters. The van der Waals surface area contributed by atoms with E-state index in [1.807, 2.05) is 0 Å². The van der Waals surface area contributed by atoms with Gasteiger partial charge in [-0.3, -0.25) is 0 Å². The van der Waals surface area contributed by atoms with E-state index in [0.717, 1.165) is 25.7 Å². The molecule has 14 aromatic rings. The first kappa shape index (κ1) is 54.3. The molecule has 88 heavy (non-hydrogen) atoms. The summed E-state index contributed by atoms with van der Waals surface area (Å²) in [7, 11) is 0. The minimum Gasteiger partial charge on any atom is -0.309 e. The van der Waals surface area contributed by atoms with Crippen LogP contribution in [0.2, 0.25) is 0 Å². The summed E-state index contributed by atoms with van der Waals surface area (Å²) in [6.45, 7) is 18.8. The number of fused-ring (bicyclic) bond motifs is 8. The molecule has 12 aromatic carbocycles. The Kier molecular flexibility index (Phi) is 13.2. The largest absolute Gasteiger partial charge is 0.309 e. The average Bonchev–Trinajstić information content (AvgIpc) is 0.844. The summed E-state index contributed by atoms with van der Waals surface area (Å²) in [5.41, 5.74) is 26.0. The number of aromatic nitrogens is 2. The van der Waals surface area contributed by atoms with Gasteiger partial charge in [0.25, 0.3) is 0 Å². The van der Waals surface area contributed by atoms with E-state index < -0.39 is 0 Å². The molecule has 2 aliphatic rings. The highest BCUT2D eigenvalue weighted by Gasteiger charge is 2.30. The maximum absolute atomic E-state index is 2.69. The maximum Gasteiger partial charge on any atom is 0.0561 e. The molecule has 0 bridgehead atoms. The zero-order chi connectivity index (χ0) is 59.6. The predicted molar refractivity (Wildman–Crippen MR) is 378 cm³/mol. The second kappa shape index (κ2) is 21.3. The molecule has 16 rings (SSSR count). The molecule has 0 unspecified atom stereocenters. The third-order valence-electron chi connectivity index (χ3n) is 20.3. The number of benzene rings is 12. The van der Waals surface area contributed by atoms with Crippen molar-refractivity contribution in [2.24, 2.45) is 0 Å². The van der Waals surface area contributed by atoms with E-state index in [1.165, 1.54) is 192 Å². The van der Waals surface area contributed by atoms with Crippen LogP contribution in [0.25, 0.3) is 87.3 Å². The number of anilines is 6. The maximum atomic E-state index is 2.69. The van der Waals surface area contributed by atoms with Gasteiger partial charge in [0, 0.05) is 66.4 Å². The molecule has 0 aliphatic heterocycles. The molecule has 2 aliphatic carbocycles. The van der Waals surface area contributed by atoms with Crippen molar-refractivity contribution < 1.29 is 0 Å². The van der Waals surface area contributed by atoms with Crippen LogP contribution in [0.4, 0.5) is 34.1 Å². The van der Waals surface area contributed by atoms with Crippen LogP contribution >= 0.6 is 0 Å². The topological polar surface area (TPSA) is 16.3 Å². The van der Waals surface area contributed by atoms with Crippen molar-refractivity contribution in [3.8, 4) is 11.4 Å². The SMILES string of the molecule is CC(C)c1cccc(-n2c3ccccc3c3ccc(N(c4cccc5c4CCCC5)c4cc(C(C)C)c5ccc6c(N(c7ccc8c9ccccc9n(-c9cccc(C(C)C)c9)c8c7)c7cccc8c7CCCC8)cc(C(C)C)c7ccc4c5c76)cc32)c1. The Morgan fingerprint density at radius 3 is 1.11 bits per heavy atom. The van der Waals surface area contributed by atoms with Gasteiger partial charge in [0.1, 0.15) is 0 Å². The first-order valence-corrected chi connectivity index (χ1v) is 32.9. The Morgan fingerprint density at radius 1 is 0.295 bits per heavy atom. The highest BCUT2D eigenvalue weighted by Crippen LogP contribution is 2.54. The Balaban J connectivity index is 0.993. The van der Waals surface area contributed by atoms with Crippen LogP contribution in [0, 0.1) is 0 Å². The summed E-state index contributed by atoms with van der Waals surface area (Å²) in [5, 5.41) is 13.0. The van der Waals surface area contributed by atoms with Gasteiger partial charge in [0.15, 0.2) is 0 Å². The first-order chi connectivity index (χ1) is 43.0. The van der Waals surface area contributed by atoms with Crippen molar-refractivity contribution in [1.82, 2.24) is 9.13 Å². The molecule has 4 nitrogen and oxygen atoms in total. The van der Waals surface area contributed by atoms with Gasteiger partial charge in [0.2, 0.25) is 0 Å². The Morgan fingerprint density at radius 2 is 0.682 bits per heavy atom. The van der Waals surface area contributed by atoms with Crippen LogP contribution in [-0.4, -0.2) is 9.13 Å². The van der Waals surface area contributed by atoms with Crippen molar-refractivity contribution in [3.05, 3.63) is 251 Å². The zero-order valence-electron chi connectivity index (χ0n) is 52.4. The van der Waals surface area contributed by atoms with Gasteiger partial charge >= 0.3 is 0 Å². The van der Waals surface area contributed by atoms with Crippen LogP contribution in [0.5, 0.6) is 0 Å². The number of aryl methyl sites for hydroxylation is 2. The van der Waals surface area contributed by atoms with Crippen LogP contribution in [0.3, 0.4) is 0 Å². The fourth-order valence-corrected chi connectivity index (χ4v) is 15.9. The molecule has 0 N–H and O–H groups in total. The number of para-hydroxylation sites is 2. The van der Waals surface area contributed by atoms with E-state index in [4.69, 9.17) is 0 Å². The number of rotatable bonds is 12. The molecule has 0 fully saturated rings. The van der Waals surface area contributed by atoms with Gasteiger partial charge in [-0.2, -0.15) is 0 Å². The molecular weight excluding hydrogens is 1060 g/mol. The first-order valence-electron chi connectivity index (χ1n) is 32.9. The third-order valence-corrected chi connectivity index (χ3v) is 20.3. The summed E-state index contributed by atoms with van der Waals surface area (Å²) in [6, 6.07) is 80.6. The number of nitrogens with zero attached hydrogens (tertiary/aromatic N) is 4. The Bertz CT molecular complexity index is 4760. The van der Waals surface area contributed by atoms with Crippen molar-refractivity contribution in [2.75, 3.05) is 9.80 Å². The lowest BCUT2D eigenvalue weighted by molar-refractivity contribution is 0.686. The molecule has 0 spiro atoms. The van der Waals surface area contributed by atoms with E-state index in [9.17, 15) is 0 Å². The molecule has 434 valence electrons. The standard InChI is InChI=1S/C84H78N4/c1-51(2)57-25-17-27-59(45-57)85-77-33-15-13-31-65(77)67-39-37-61(47-79(67)85)87(75-35-19-23-55-21-9-11-29-63(55)75)81-49-73(53(5)6)69-42-44-72-82(50-74(54(7)8)70-41-43-71(81)83(69)84(70)72)88(76-36-20-24-56-22-10-12-30-64(56)76)62-38-40-68-66-32-14-16-34-78(66)86(80(68)48-62)60-28-18-26-58(46-60)52(3)4/h13-20,23-28,31-54H,9-12,21-22,29-30H2,1-8H3. The van der Waals surface area contributed by atoms with Gasteiger partial charge in [-0.25, -0.2) is 0 Å². The van der Waals surface area contributed by atoms with Crippen molar-refractivity contribution >= 4 is 110 Å². The highest BCUT2D eigenvalue weighted by atomic mass is 15.2. The quantitative estimate of drug-likeness (QED) is 0.113. The fraction of sp³-hybridized carbons (Fsp3) is 0.238.